The van der Waals surface area contributed by atoms with Crippen LogP contribution in [0.25, 0.3) is 0 Å². The molecule has 0 aliphatic carbocycles. The van der Waals surface area contributed by atoms with Crippen molar-refractivity contribution >= 4 is 5.82 Å². The van der Waals surface area contributed by atoms with E-state index in [-0.39, 0.29) is 6.04 Å². The predicted octanol–water partition coefficient (Wildman–Crippen LogP) is 1.54. The van der Waals surface area contributed by atoms with Gasteiger partial charge in [-0.05, 0) is 33.2 Å². The average molecular weight is 293 g/mol. The first kappa shape index (κ1) is 16.3. The van der Waals surface area contributed by atoms with Crippen molar-refractivity contribution in [3.63, 3.8) is 0 Å². The van der Waals surface area contributed by atoms with Gasteiger partial charge < -0.3 is 10.6 Å². The Bertz CT molecular complexity index is 467. The third-order valence-electron chi connectivity index (χ3n) is 4.85. The fraction of sp³-hybridized carbons (Fsp3) is 0.812. The van der Waals surface area contributed by atoms with E-state index in [0.29, 0.717) is 6.04 Å². The van der Waals surface area contributed by atoms with Gasteiger partial charge in [0.2, 0.25) is 0 Å². The Labute approximate surface area is 129 Å². The number of piperazine rings is 1. The topological polar surface area (TPSA) is 50.3 Å². The van der Waals surface area contributed by atoms with Crippen molar-refractivity contribution in [3.05, 3.63) is 11.3 Å². The van der Waals surface area contributed by atoms with Crippen LogP contribution in [-0.2, 0) is 13.5 Å². The first-order chi connectivity index (χ1) is 9.97. The van der Waals surface area contributed by atoms with E-state index in [2.05, 4.69) is 49.8 Å². The van der Waals surface area contributed by atoms with Gasteiger partial charge in [0.15, 0.2) is 0 Å². The smallest absolute Gasteiger partial charge is 0.130 e. The summed E-state index contributed by atoms with van der Waals surface area (Å²) in [6.07, 6.45) is 3.12. The van der Waals surface area contributed by atoms with Crippen molar-refractivity contribution in [2.24, 2.45) is 12.8 Å². The molecule has 1 aliphatic heterocycles. The second-order valence-corrected chi connectivity index (χ2v) is 6.37. The molecular formula is C16H31N5. The second-order valence-electron chi connectivity index (χ2n) is 6.37. The SMILES string of the molecule is CCC(N)Cc1c(C)nn(C)c1N1CCN(C)C(CC)C1. The molecule has 0 radical (unpaired) electrons. The quantitative estimate of drug-likeness (QED) is 0.895. The molecule has 0 aromatic carbocycles. The monoisotopic (exact) mass is 293 g/mol. The molecule has 2 N–H and O–H groups in total. The average Bonchev–Trinajstić information content (AvgIpc) is 2.74. The maximum Gasteiger partial charge on any atom is 0.130 e. The van der Waals surface area contributed by atoms with Gasteiger partial charge in [0.1, 0.15) is 5.82 Å². The zero-order valence-corrected chi connectivity index (χ0v) is 14.3. The third kappa shape index (κ3) is 3.40. The van der Waals surface area contributed by atoms with Gasteiger partial charge in [-0.1, -0.05) is 13.8 Å². The van der Waals surface area contributed by atoms with Gasteiger partial charge in [-0.2, -0.15) is 5.10 Å². The van der Waals surface area contributed by atoms with Crippen LogP contribution in [0.5, 0.6) is 0 Å². The Morgan fingerprint density at radius 2 is 2.00 bits per heavy atom. The van der Waals surface area contributed by atoms with E-state index in [4.69, 9.17) is 5.73 Å². The van der Waals surface area contributed by atoms with Crippen LogP contribution in [0.1, 0.15) is 37.9 Å². The van der Waals surface area contributed by atoms with E-state index in [1.165, 1.54) is 17.8 Å². The molecule has 21 heavy (non-hydrogen) atoms. The van der Waals surface area contributed by atoms with Crippen molar-refractivity contribution in [1.29, 1.82) is 0 Å². The molecule has 1 aliphatic rings. The zero-order chi connectivity index (χ0) is 15.6. The summed E-state index contributed by atoms with van der Waals surface area (Å²) in [5.74, 6) is 1.28. The minimum Gasteiger partial charge on any atom is -0.354 e. The van der Waals surface area contributed by atoms with Crippen LogP contribution in [0.3, 0.4) is 0 Å². The van der Waals surface area contributed by atoms with Gasteiger partial charge in [0, 0.05) is 44.3 Å². The Kier molecular flexibility index (Phi) is 5.27. The first-order valence-corrected chi connectivity index (χ1v) is 8.21. The molecule has 5 heteroatoms. The number of anilines is 1. The van der Waals surface area contributed by atoms with Gasteiger partial charge in [-0.25, -0.2) is 0 Å². The van der Waals surface area contributed by atoms with E-state index in [9.17, 15) is 0 Å². The number of likely N-dealkylation sites (N-methyl/N-ethyl adjacent to an activating group) is 1. The molecule has 120 valence electrons. The molecule has 0 amide bonds. The summed E-state index contributed by atoms with van der Waals surface area (Å²) < 4.78 is 2.05. The van der Waals surface area contributed by atoms with Crippen molar-refractivity contribution in [2.75, 3.05) is 31.6 Å². The molecule has 5 nitrogen and oxygen atoms in total. The summed E-state index contributed by atoms with van der Waals surface area (Å²) in [4.78, 5) is 4.98. The molecule has 2 heterocycles. The molecule has 2 atom stereocenters. The number of hydrogen-bond donors (Lipinski definition) is 1. The summed E-state index contributed by atoms with van der Waals surface area (Å²) in [7, 11) is 4.29. The second kappa shape index (κ2) is 6.79. The summed E-state index contributed by atoms with van der Waals surface area (Å²) >= 11 is 0. The molecule has 0 bridgehead atoms. The molecule has 1 aromatic rings. The van der Waals surface area contributed by atoms with Crippen molar-refractivity contribution in [2.45, 2.75) is 52.1 Å². The van der Waals surface area contributed by atoms with Crippen molar-refractivity contribution < 1.29 is 0 Å². The lowest BCUT2D eigenvalue weighted by Gasteiger charge is -2.40. The normalized spacial score (nSPS) is 21.8. The van der Waals surface area contributed by atoms with Gasteiger partial charge in [0.25, 0.3) is 0 Å². The predicted molar refractivity (Wildman–Crippen MR) is 88.8 cm³/mol. The van der Waals surface area contributed by atoms with E-state index >= 15 is 0 Å². The number of hydrogen-bond acceptors (Lipinski definition) is 4. The summed E-state index contributed by atoms with van der Waals surface area (Å²) in [5, 5.41) is 4.65. The number of rotatable bonds is 5. The molecule has 2 rings (SSSR count). The Morgan fingerprint density at radius 3 is 2.62 bits per heavy atom. The Hall–Kier alpha value is -1.07. The lowest BCUT2D eigenvalue weighted by molar-refractivity contribution is 0.212. The minimum absolute atomic E-state index is 0.223. The van der Waals surface area contributed by atoms with E-state index in [0.717, 1.165) is 38.2 Å². The first-order valence-electron chi connectivity index (χ1n) is 8.21. The fourth-order valence-corrected chi connectivity index (χ4v) is 3.31. The van der Waals surface area contributed by atoms with Crippen LogP contribution >= 0.6 is 0 Å². The largest absolute Gasteiger partial charge is 0.354 e. The van der Waals surface area contributed by atoms with Crippen molar-refractivity contribution in [3.8, 4) is 0 Å². The molecule has 1 fully saturated rings. The van der Waals surface area contributed by atoms with Gasteiger partial charge in [-0.3, -0.25) is 9.58 Å². The highest BCUT2D eigenvalue weighted by Crippen LogP contribution is 2.27. The Morgan fingerprint density at radius 1 is 1.29 bits per heavy atom. The van der Waals surface area contributed by atoms with E-state index in [1.54, 1.807) is 0 Å². The molecule has 0 saturated carbocycles. The van der Waals surface area contributed by atoms with Crippen LogP contribution in [0.15, 0.2) is 0 Å². The summed E-state index contributed by atoms with van der Waals surface area (Å²) in [5.41, 5.74) is 8.66. The lowest BCUT2D eigenvalue weighted by atomic mass is 10.0. The van der Waals surface area contributed by atoms with Gasteiger partial charge in [-0.15, -0.1) is 0 Å². The molecule has 1 saturated heterocycles. The highest BCUT2D eigenvalue weighted by molar-refractivity contribution is 5.51. The van der Waals surface area contributed by atoms with Crippen LogP contribution in [0, 0.1) is 6.92 Å². The number of aromatic nitrogens is 2. The van der Waals surface area contributed by atoms with Gasteiger partial charge >= 0.3 is 0 Å². The fourth-order valence-electron chi connectivity index (χ4n) is 3.31. The highest BCUT2D eigenvalue weighted by Gasteiger charge is 2.27. The van der Waals surface area contributed by atoms with E-state index < -0.39 is 0 Å². The third-order valence-corrected chi connectivity index (χ3v) is 4.85. The van der Waals surface area contributed by atoms with Crippen LogP contribution in [-0.4, -0.2) is 53.4 Å². The number of aryl methyl sites for hydroxylation is 2. The van der Waals surface area contributed by atoms with Crippen molar-refractivity contribution in [1.82, 2.24) is 14.7 Å². The van der Waals surface area contributed by atoms with Crippen LogP contribution in [0.4, 0.5) is 5.82 Å². The van der Waals surface area contributed by atoms with E-state index in [1.807, 2.05) is 4.68 Å². The van der Waals surface area contributed by atoms with Crippen LogP contribution < -0.4 is 10.6 Å². The molecular weight excluding hydrogens is 262 g/mol. The molecule has 2 unspecified atom stereocenters. The Balaban J connectivity index is 2.26. The highest BCUT2D eigenvalue weighted by atomic mass is 15.4. The minimum atomic E-state index is 0.223. The lowest BCUT2D eigenvalue weighted by Crippen LogP contribution is -2.52. The number of nitrogens with zero attached hydrogens (tertiary/aromatic N) is 4. The van der Waals surface area contributed by atoms with Gasteiger partial charge in [0.05, 0.1) is 5.69 Å². The number of nitrogens with two attached hydrogens (primary N) is 1. The zero-order valence-electron chi connectivity index (χ0n) is 14.3. The molecule has 1 aromatic heterocycles. The maximum absolute atomic E-state index is 6.19. The van der Waals surface area contributed by atoms with Crippen LogP contribution in [0.2, 0.25) is 0 Å². The summed E-state index contributed by atoms with van der Waals surface area (Å²) in [6, 6.07) is 0.850. The summed E-state index contributed by atoms with van der Waals surface area (Å²) in [6.45, 7) is 9.79. The maximum atomic E-state index is 6.19. The molecule has 0 spiro atoms. The standard InChI is InChI=1S/C16H31N5/c1-6-13(17)10-15-12(3)18-20(5)16(15)21-9-8-19(4)14(7-2)11-21/h13-14H,6-11,17H2,1-5H3.